The monoisotopic (exact) mass is 271 g/mol. The number of benzene rings is 1. The first-order valence-electron chi connectivity index (χ1n) is 7.82. The van der Waals surface area contributed by atoms with Gasteiger partial charge in [-0.3, -0.25) is 4.79 Å². The van der Waals surface area contributed by atoms with Crippen molar-refractivity contribution in [1.82, 2.24) is 0 Å². The van der Waals surface area contributed by atoms with Crippen LogP contribution in [0.5, 0.6) is 0 Å². The van der Waals surface area contributed by atoms with E-state index in [0.29, 0.717) is 12.0 Å². The molecule has 108 valence electrons. The maximum absolute atomic E-state index is 12.3. The number of amides is 1. The first-order chi connectivity index (χ1) is 9.43. The number of anilines is 1. The number of hydrogen-bond donors (Lipinski definition) is 0. The number of nitrogens with zero attached hydrogens (tertiary/aromatic N) is 1. The van der Waals surface area contributed by atoms with Crippen molar-refractivity contribution >= 4 is 11.6 Å². The summed E-state index contributed by atoms with van der Waals surface area (Å²) in [7, 11) is 0. The van der Waals surface area contributed by atoms with Gasteiger partial charge in [-0.25, -0.2) is 0 Å². The lowest BCUT2D eigenvalue weighted by Gasteiger charge is -2.53. The van der Waals surface area contributed by atoms with Crippen LogP contribution in [0.2, 0.25) is 0 Å². The predicted molar refractivity (Wildman–Crippen MR) is 82.9 cm³/mol. The van der Waals surface area contributed by atoms with Crippen LogP contribution in [0.4, 0.5) is 5.69 Å². The van der Waals surface area contributed by atoms with Gasteiger partial charge in [0.2, 0.25) is 5.91 Å². The molecule has 3 atom stereocenters. The van der Waals surface area contributed by atoms with E-state index in [0.717, 1.165) is 18.0 Å². The van der Waals surface area contributed by atoms with Gasteiger partial charge in [0.05, 0.1) is 0 Å². The fourth-order valence-corrected chi connectivity index (χ4v) is 4.49. The summed E-state index contributed by atoms with van der Waals surface area (Å²) < 4.78 is 0. The molecule has 1 amide bonds. The molecule has 0 unspecified atom stereocenters. The Morgan fingerprint density at radius 3 is 2.65 bits per heavy atom. The quantitative estimate of drug-likeness (QED) is 0.694. The molecule has 20 heavy (non-hydrogen) atoms. The third-order valence-corrected chi connectivity index (χ3v) is 5.53. The maximum atomic E-state index is 12.3. The number of rotatable bonds is 0. The van der Waals surface area contributed by atoms with Crippen molar-refractivity contribution in [3.63, 3.8) is 0 Å². The first kappa shape index (κ1) is 13.7. The van der Waals surface area contributed by atoms with Crippen LogP contribution < -0.4 is 4.90 Å². The molecule has 1 aromatic carbocycles. The molecule has 1 saturated carbocycles. The van der Waals surface area contributed by atoms with Gasteiger partial charge in [0.25, 0.3) is 0 Å². The summed E-state index contributed by atoms with van der Waals surface area (Å²) in [6, 6.07) is 8.86. The Bertz CT molecular complexity index is 534. The highest BCUT2D eigenvalue weighted by Crippen LogP contribution is 2.51. The number of carbonyl (C=O) groups excluding carboxylic acids is 1. The third kappa shape index (κ3) is 1.88. The van der Waals surface area contributed by atoms with Crippen LogP contribution in [0.15, 0.2) is 24.3 Å². The van der Waals surface area contributed by atoms with Crippen LogP contribution in [-0.4, -0.2) is 11.9 Å². The van der Waals surface area contributed by atoms with Crippen molar-refractivity contribution in [3.8, 4) is 0 Å². The molecule has 2 aliphatic rings. The van der Waals surface area contributed by atoms with Crippen LogP contribution >= 0.6 is 0 Å². The lowest BCUT2D eigenvalue weighted by molar-refractivity contribution is -0.117. The van der Waals surface area contributed by atoms with Crippen LogP contribution in [0.25, 0.3) is 0 Å². The van der Waals surface area contributed by atoms with Crippen LogP contribution in [0, 0.1) is 11.8 Å². The molecule has 0 aromatic heterocycles. The summed E-state index contributed by atoms with van der Waals surface area (Å²) in [6.45, 7) is 8.75. The van der Waals surface area contributed by atoms with Crippen molar-refractivity contribution in [3.05, 3.63) is 29.8 Å². The Hall–Kier alpha value is -1.31. The summed E-state index contributed by atoms with van der Waals surface area (Å²) in [5.74, 6) is 1.49. The van der Waals surface area contributed by atoms with Gasteiger partial charge in [0.15, 0.2) is 0 Å². The topological polar surface area (TPSA) is 20.3 Å². The highest BCUT2D eigenvalue weighted by Gasteiger charge is 2.48. The van der Waals surface area contributed by atoms with Crippen LogP contribution in [0.1, 0.15) is 52.5 Å². The SMILES string of the molecule is CC(=O)N1c2ccccc2C(C)(C)[C@H]2CC[C@H](C)C[C@@H]21. The van der Waals surface area contributed by atoms with Crippen molar-refractivity contribution in [1.29, 1.82) is 0 Å². The van der Waals surface area contributed by atoms with Gasteiger partial charge >= 0.3 is 0 Å². The molecule has 0 saturated heterocycles. The van der Waals surface area contributed by atoms with E-state index in [9.17, 15) is 4.79 Å². The average Bonchev–Trinajstić information content (AvgIpc) is 2.38. The molecule has 0 spiro atoms. The van der Waals surface area contributed by atoms with E-state index in [1.54, 1.807) is 6.92 Å². The Balaban J connectivity index is 2.16. The number of carbonyl (C=O) groups is 1. The molecular weight excluding hydrogens is 246 g/mol. The van der Waals surface area contributed by atoms with E-state index in [4.69, 9.17) is 0 Å². The highest BCUT2D eigenvalue weighted by atomic mass is 16.2. The lowest BCUT2D eigenvalue weighted by atomic mass is 9.60. The van der Waals surface area contributed by atoms with Crippen molar-refractivity contribution in [2.45, 2.75) is 58.4 Å². The normalized spacial score (nSPS) is 31.4. The lowest BCUT2D eigenvalue weighted by Crippen LogP contribution is -2.56. The van der Waals surface area contributed by atoms with E-state index in [2.05, 4.69) is 49.9 Å². The zero-order valence-electron chi connectivity index (χ0n) is 13.0. The Kier molecular flexibility index (Phi) is 3.15. The Morgan fingerprint density at radius 1 is 1.25 bits per heavy atom. The first-order valence-corrected chi connectivity index (χ1v) is 7.82. The highest BCUT2D eigenvalue weighted by molar-refractivity contribution is 5.94. The van der Waals surface area contributed by atoms with E-state index in [-0.39, 0.29) is 11.3 Å². The average molecular weight is 271 g/mol. The van der Waals surface area contributed by atoms with E-state index in [1.807, 2.05) is 0 Å². The third-order valence-electron chi connectivity index (χ3n) is 5.53. The molecule has 0 N–H and O–H groups in total. The molecule has 2 heteroatoms. The number of para-hydroxylation sites is 1. The zero-order valence-corrected chi connectivity index (χ0v) is 13.0. The molecule has 1 aromatic rings. The molecule has 1 aliphatic heterocycles. The second-order valence-electron chi connectivity index (χ2n) is 7.22. The fourth-order valence-electron chi connectivity index (χ4n) is 4.49. The van der Waals surface area contributed by atoms with Gasteiger partial charge in [-0.15, -0.1) is 0 Å². The van der Waals surface area contributed by atoms with E-state index < -0.39 is 0 Å². The van der Waals surface area contributed by atoms with Gasteiger partial charge < -0.3 is 4.90 Å². The smallest absolute Gasteiger partial charge is 0.224 e. The minimum absolute atomic E-state index is 0.160. The minimum atomic E-state index is 0.160. The van der Waals surface area contributed by atoms with Crippen molar-refractivity contribution in [2.24, 2.45) is 11.8 Å². The Labute approximate surface area is 122 Å². The molecule has 0 radical (unpaired) electrons. The molecule has 1 heterocycles. The van der Waals surface area contributed by atoms with E-state index in [1.165, 1.54) is 18.4 Å². The fraction of sp³-hybridized carbons (Fsp3) is 0.611. The molecule has 2 nitrogen and oxygen atoms in total. The number of fused-ring (bicyclic) bond motifs is 2. The second kappa shape index (κ2) is 4.61. The zero-order chi connectivity index (χ0) is 14.5. The summed E-state index contributed by atoms with van der Waals surface area (Å²) in [6.07, 6.45) is 3.66. The molecular formula is C18H25NO. The summed E-state index contributed by atoms with van der Waals surface area (Å²) >= 11 is 0. The summed E-state index contributed by atoms with van der Waals surface area (Å²) in [5, 5.41) is 0. The molecule has 1 fully saturated rings. The molecule has 1 aliphatic carbocycles. The second-order valence-corrected chi connectivity index (χ2v) is 7.22. The van der Waals surface area contributed by atoms with Crippen LogP contribution in [-0.2, 0) is 10.2 Å². The standard InChI is InChI=1S/C18H25NO/c1-12-9-10-15-17(11-12)19(13(2)20)16-8-6-5-7-14(16)18(15,3)4/h5-8,12,15,17H,9-11H2,1-4H3/t12-,15-,17-/m0/s1. The van der Waals surface area contributed by atoms with Gasteiger partial charge in [-0.05, 0) is 41.7 Å². The van der Waals surface area contributed by atoms with Gasteiger partial charge in [-0.1, -0.05) is 45.4 Å². The molecule has 3 rings (SSSR count). The summed E-state index contributed by atoms with van der Waals surface area (Å²) in [4.78, 5) is 14.3. The van der Waals surface area contributed by atoms with Crippen molar-refractivity contribution < 1.29 is 4.79 Å². The predicted octanol–water partition coefficient (Wildman–Crippen LogP) is 4.14. The van der Waals surface area contributed by atoms with E-state index >= 15 is 0 Å². The molecule has 0 bridgehead atoms. The Morgan fingerprint density at radius 2 is 1.95 bits per heavy atom. The number of hydrogen-bond acceptors (Lipinski definition) is 1. The van der Waals surface area contributed by atoms with Crippen molar-refractivity contribution in [2.75, 3.05) is 4.90 Å². The maximum Gasteiger partial charge on any atom is 0.224 e. The van der Waals surface area contributed by atoms with Gasteiger partial charge in [0, 0.05) is 18.7 Å². The summed E-state index contributed by atoms with van der Waals surface area (Å²) in [5.41, 5.74) is 2.64. The largest absolute Gasteiger partial charge is 0.309 e. The van der Waals surface area contributed by atoms with Gasteiger partial charge in [0.1, 0.15) is 0 Å². The van der Waals surface area contributed by atoms with Crippen LogP contribution in [0.3, 0.4) is 0 Å². The minimum Gasteiger partial charge on any atom is -0.309 e. The van der Waals surface area contributed by atoms with Gasteiger partial charge in [-0.2, -0.15) is 0 Å².